The van der Waals surface area contributed by atoms with Gasteiger partial charge in [-0.1, -0.05) is 15.9 Å². The molecular weight excluding hydrogens is 282 g/mol. The lowest BCUT2D eigenvalue weighted by Gasteiger charge is -2.22. The van der Waals surface area contributed by atoms with Crippen molar-refractivity contribution in [2.45, 2.75) is 38.8 Å². The summed E-state index contributed by atoms with van der Waals surface area (Å²) in [5, 5.41) is 0.862. The van der Waals surface area contributed by atoms with Crippen LogP contribution in [0.2, 0.25) is 0 Å². The summed E-state index contributed by atoms with van der Waals surface area (Å²) in [5.41, 5.74) is 0.0235. The molecule has 0 amide bonds. The number of aromatic nitrogens is 2. The van der Waals surface area contributed by atoms with Crippen LogP contribution in [0.4, 0.5) is 5.82 Å². The van der Waals surface area contributed by atoms with Gasteiger partial charge in [0.2, 0.25) is 0 Å². The molecule has 1 saturated carbocycles. The van der Waals surface area contributed by atoms with Crippen molar-refractivity contribution >= 4 is 21.7 Å². The lowest BCUT2D eigenvalue weighted by molar-refractivity contribution is 0.571. The third kappa shape index (κ3) is 2.70. The molecule has 0 saturated heterocycles. The van der Waals surface area contributed by atoms with Gasteiger partial charge in [0, 0.05) is 36.4 Å². The SMILES string of the molecule is CC(C)n1ccnc(N(CCBr)C2CC2)c1=O. The molecule has 94 valence electrons. The molecule has 4 nitrogen and oxygen atoms in total. The summed E-state index contributed by atoms with van der Waals surface area (Å²) in [6, 6.07) is 0.685. The molecule has 1 aliphatic carbocycles. The highest BCUT2D eigenvalue weighted by atomic mass is 79.9. The van der Waals surface area contributed by atoms with Gasteiger partial charge in [-0.2, -0.15) is 0 Å². The molecule has 2 rings (SSSR count). The second-order valence-electron chi connectivity index (χ2n) is 4.67. The molecule has 1 aromatic heterocycles. The summed E-state index contributed by atoms with van der Waals surface area (Å²) in [5.74, 6) is 0.600. The molecule has 1 aromatic rings. The lowest BCUT2D eigenvalue weighted by atomic mass is 10.3. The minimum Gasteiger partial charge on any atom is -0.348 e. The first kappa shape index (κ1) is 12.6. The van der Waals surface area contributed by atoms with Crippen molar-refractivity contribution in [1.29, 1.82) is 0 Å². The highest BCUT2D eigenvalue weighted by Gasteiger charge is 2.31. The van der Waals surface area contributed by atoms with E-state index in [-0.39, 0.29) is 11.6 Å². The fourth-order valence-corrected chi connectivity index (χ4v) is 2.34. The maximum atomic E-state index is 12.3. The zero-order valence-corrected chi connectivity index (χ0v) is 11.9. The number of anilines is 1. The molecule has 0 aliphatic heterocycles. The van der Waals surface area contributed by atoms with Crippen LogP contribution < -0.4 is 10.5 Å². The molecule has 17 heavy (non-hydrogen) atoms. The van der Waals surface area contributed by atoms with Crippen molar-refractivity contribution in [3.63, 3.8) is 0 Å². The van der Waals surface area contributed by atoms with Crippen LogP contribution in [0.15, 0.2) is 17.2 Å². The predicted octanol–water partition coefficient (Wildman–Crippen LogP) is 2.19. The minimum atomic E-state index is 0.0235. The second-order valence-corrected chi connectivity index (χ2v) is 5.46. The molecule has 1 heterocycles. The van der Waals surface area contributed by atoms with Crippen LogP contribution in [0.5, 0.6) is 0 Å². The van der Waals surface area contributed by atoms with Crippen molar-refractivity contribution in [3.05, 3.63) is 22.7 Å². The summed E-state index contributed by atoms with van der Waals surface area (Å²) in [4.78, 5) is 18.7. The Morgan fingerprint density at radius 2 is 2.29 bits per heavy atom. The van der Waals surface area contributed by atoms with Crippen molar-refractivity contribution in [2.75, 3.05) is 16.8 Å². The van der Waals surface area contributed by atoms with Gasteiger partial charge in [-0.3, -0.25) is 4.79 Å². The molecule has 0 radical (unpaired) electrons. The normalized spacial score (nSPS) is 15.3. The van der Waals surface area contributed by atoms with Gasteiger partial charge in [0.25, 0.3) is 5.56 Å². The van der Waals surface area contributed by atoms with Crippen LogP contribution in [-0.4, -0.2) is 27.5 Å². The van der Waals surface area contributed by atoms with E-state index >= 15 is 0 Å². The van der Waals surface area contributed by atoms with Gasteiger partial charge in [0.05, 0.1) is 0 Å². The van der Waals surface area contributed by atoms with Gasteiger partial charge in [-0.05, 0) is 26.7 Å². The number of halogens is 1. The Balaban J connectivity index is 2.36. The second kappa shape index (κ2) is 5.21. The average molecular weight is 300 g/mol. The van der Waals surface area contributed by atoms with E-state index in [1.165, 1.54) is 12.8 Å². The highest BCUT2D eigenvalue weighted by molar-refractivity contribution is 9.09. The Bertz CT molecular complexity index is 440. The fraction of sp³-hybridized carbons (Fsp3) is 0.667. The molecule has 0 bridgehead atoms. The minimum absolute atomic E-state index is 0.0235. The molecule has 1 fully saturated rings. The first-order valence-corrected chi connectivity index (χ1v) is 7.17. The van der Waals surface area contributed by atoms with Crippen molar-refractivity contribution in [3.8, 4) is 0 Å². The fourth-order valence-electron chi connectivity index (χ4n) is 1.96. The van der Waals surface area contributed by atoms with Gasteiger partial charge in [0.15, 0.2) is 5.82 Å². The third-order valence-corrected chi connectivity index (χ3v) is 3.35. The Morgan fingerprint density at radius 3 is 2.82 bits per heavy atom. The Hall–Kier alpha value is -0.840. The van der Waals surface area contributed by atoms with Gasteiger partial charge in [0.1, 0.15) is 0 Å². The Kier molecular flexibility index (Phi) is 3.86. The van der Waals surface area contributed by atoms with E-state index in [9.17, 15) is 4.79 Å². The summed E-state index contributed by atoms with van der Waals surface area (Å²) >= 11 is 3.44. The van der Waals surface area contributed by atoms with Crippen LogP contribution in [0.3, 0.4) is 0 Å². The first-order chi connectivity index (χ1) is 8.15. The predicted molar refractivity (Wildman–Crippen MR) is 73.0 cm³/mol. The van der Waals surface area contributed by atoms with Crippen molar-refractivity contribution in [2.24, 2.45) is 0 Å². The molecular formula is C12H18BrN3O. The maximum Gasteiger partial charge on any atom is 0.293 e. The quantitative estimate of drug-likeness (QED) is 0.782. The van der Waals surface area contributed by atoms with E-state index in [2.05, 4.69) is 25.8 Å². The van der Waals surface area contributed by atoms with Crippen molar-refractivity contribution in [1.82, 2.24) is 9.55 Å². The van der Waals surface area contributed by atoms with Crippen LogP contribution in [-0.2, 0) is 0 Å². The molecule has 0 atom stereocenters. The molecule has 5 heteroatoms. The molecule has 0 aromatic carbocycles. The lowest BCUT2D eigenvalue weighted by Crippen LogP contribution is -2.36. The van der Waals surface area contributed by atoms with E-state index in [0.717, 1.165) is 11.9 Å². The number of alkyl halides is 1. The van der Waals surface area contributed by atoms with Crippen LogP contribution in [0, 0.1) is 0 Å². The number of hydrogen-bond donors (Lipinski definition) is 0. The monoisotopic (exact) mass is 299 g/mol. The molecule has 1 aliphatic rings. The van der Waals surface area contributed by atoms with E-state index in [1.54, 1.807) is 17.0 Å². The third-order valence-electron chi connectivity index (χ3n) is 2.99. The van der Waals surface area contributed by atoms with Gasteiger partial charge in [-0.25, -0.2) is 4.98 Å². The molecule has 0 spiro atoms. The Labute approximate surface area is 110 Å². The zero-order chi connectivity index (χ0) is 12.4. The van der Waals surface area contributed by atoms with Gasteiger partial charge in [-0.15, -0.1) is 0 Å². The van der Waals surface area contributed by atoms with Crippen LogP contribution >= 0.6 is 15.9 Å². The zero-order valence-electron chi connectivity index (χ0n) is 10.3. The van der Waals surface area contributed by atoms with E-state index in [1.807, 2.05) is 13.8 Å². The van der Waals surface area contributed by atoms with Crippen LogP contribution in [0.25, 0.3) is 0 Å². The van der Waals surface area contributed by atoms with Gasteiger partial charge < -0.3 is 9.47 Å². The standard InChI is InChI=1S/C12H18BrN3O/c1-9(2)15-8-6-14-11(12(15)17)16(7-5-13)10-3-4-10/h6,8-10H,3-5,7H2,1-2H3. The largest absolute Gasteiger partial charge is 0.348 e. The van der Waals surface area contributed by atoms with E-state index in [4.69, 9.17) is 0 Å². The number of hydrogen-bond acceptors (Lipinski definition) is 3. The first-order valence-electron chi connectivity index (χ1n) is 6.05. The summed E-state index contributed by atoms with van der Waals surface area (Å²) in [6.07, 6.45) is 5.82. The van der Waals surface area contributed by atoms with Crippen LogP contribution in [0.1, 0.15) is 32.7 Å². The van der Waals surface area contributed by atoms with Crippen molar-refractivity contribution < 1.29 is 0 Å². The smallest absolute Gasteiger partial charge is 0.293 e. The van der Waals surface area contributed by atoms with E-state index < -0.39 is 0 Å². The summed E-state index contributed by atoms with van der Waals surface area (Å²) < 4.78 is 1.74. The number of nitrogens with zero attached hydrogens (tertiary/aromatic N) is 3. The Morgan fingerprint density at radius 1 is 1.59 bits per heavy atom. The summed E-state index contributed by atoms with van der Waals surface area (Å²) in [7, 11) is 0. The van der Waals surface area contributed by atoms with Gasteiger partial charge >= 0.3 is 0 Å². The molecule has 0 unspecified atom stereocenters. The summed E-state index contributed by atoms with van der Waals surface area (Å²) in [6.45, 7) is 4.86. The molecule has 0 N–H and O–H groups in total. The highest BCUT2D eigenvalue weighted by Crippen LogP contribution is 2.29. The topological polar surface area (TPSA) is 38.1 Å². The van der Waals surface area contributed by atoms with E-state index in [0.29, 0.717) is 11.9 Å². The number of rotatable bonds is 5. The average Bonchev–Trinajstić information content (AvgIpc) is 3.10. The maximum absolute atomic E-state index is 12.3.